The minimum atomic E-state index is -1.63. The van der Waals surface area contributed by atoms with E-state index in [-0.39, 0.29) is 11.4 Å². The number of benzene rings is 1. The number of pyridine rings is 1. The van der Waals surface area contributed by atoms with E-state index in [2.05, 4.69) is 11.1 Å². The standard InChI is InChI=1S/C22H19ClN2O6S/c23-12-5-3-11(4-6-12)13-8-15(17-2-1-7-32-17)25-21(14(13)9-24)31-22-20(29)19(28)18(27)16(10-26)30-22/h1-8,16,18-20,22,26-29H,10H2/t16-,18-,19+,20-,22+/m1/s1. The van der Waals surface area contributed by atoms with E-state index in [4.69, 9.17) is 21.1 Å². The molecule has 4 rings (SSSR count). The molecule has 8 nitrogen and oxygen atoms in total. The third kappa shape index (κ3) is 4.35. The monoisotopic (exact) mass is 474 g/mol. The summed E-state index contributed by atoms with van der Waals surface area (Å²) in [6.45, 7) is -0.603. The van der Waals surface area contributed by atoms with Crippen molar-refractivity contribution in [2.75, 3.05) is 6.61 Å². The van der Waals surface area contributed by atoms with E-state index in [1.54, 1.807) is 30.3 Å². The van der Waals surface area contributed by atoms with Gasteiger partial charge in [-0.2, -0.15) is 5.26 Å². The van der Waals surface area contributed by atoms with Gasteiger partial charge in [0.05, 0.1) is 17.2 Å². The highest BCUT2D eigenvalue weighted by molar-refractivity contribution is 7.13. The number of rotatable bonds is 5. The largest absolute Gasteiger partial charge is 0.444 e. The summed E-state index contributed by atoms with van der Waals surface area (Å²) in [7, 11) is 0. The Morgan fingerprint density at radius 1 is 1.12 bits per heavy atom. The molecule has 4 N–H and O–H groups in total. The normalized spacial score (nSPS) is 25.3. The highest BCUT2D eigenvalue weighted by Gasteiger charge is 2.45. The number of thiophene rings is 1. The fourth-order valence-electron chi connectivity index (χ4n) is 3.40. The predicted molar refractivity (Wildman–Crippen MR) is 117 cm³/mol. The van der Waals surface area contributed by atoms with Crippen molar-refractivity contribution in [3.05, 3.63) is 58.4 Å². The molecule has 32 heavy (non-hydrogen) atoms. The van der Waals surface area contributed by atoms with Crippen molar-refractivity contribution in [3.8, 4) is 33.6 Å². The lowest BCUT2D eigenvalue weighted by atomic mass is 9.99. The average molecular weight is 475 g/mol. The number of halogens is 1. The Balaban J connectivity index is 1.80. The molecule has 1 aromatic carbocycles. The lowest BCUT2D eigenvalue weighted by Crippen LogP contribution is -2.60. The van der Waals surface area contributed by atoms with Crippen LogP contribution in [0.25, 0.3) is 21.7 Å². The minimum absolute atomic E-state index is 0.0876. The molecule has 0 unspecified atom stereocenters. The Kier molecular flexibility index (Phi) is 6.74. The van der Waals surface area contributed by atoms with Crippen molar-refractivity contribution in [2.24, 2.45) is 0 Å². The summed E-state index contributed by atoms with van der Waals surface area (Å²) >= 11 is 7.45. The van der Waals surface area contributed by atoms with Gasteiger partial charge >= 0.3 is 0 Å². The predicted octanol–water partition coefficient (Wildman–Crippen LogP) is 2.18. The number of nitriles is 1. The van der Waals surface area contributed by atoms with E-state index in [1.807, 2.05) is 17.5 Å². The smallest absolute Gasteiger partial charge is 0.235 e. The summed E-state index contributed by atoms with van der Waals surface area (Å²) in [5.74, 6) is -0.118. The maximum atomic E-state index is 10.4. The van der Waals surface area contributed by atoms with Crippen LogP contribution in [0.3, 0.4) is 0 Å². The first kappa shape index (κ1) is 22.6. The topological polar surface area (TPSA) is 136 Å². The van der Waals surface area contributed by atoms with Crippen molar-refractivity contribution < 1.29 is 29.9 Å². The molecule has 1 aliphatic rings. The van der Waals surface area contributed by atoms with Crippen LogP contribution >= 0.6 is 22.9 Å². The molecule has 2 aromatic heterocycles. The molecular weight excluding hydrogens is 456 g/mol. The number of aromatic nitrogens is 1. The maximum Gasteiger partial charge on any atom is 0.235 e. The molecule has 166 valence electrons. The molecule has 1 saturated heterocycles. The van der Waals surface area contributed by atoms with Gasteiger partial charge in [-0.1, -0.05) is 29.8 Å². The number of hydrogen-bond donors (Lipinski definition) is 4. The molecule has 0 saturated carbocycles. The first-order valence-electron chi connectivity index (χ1n) is 9.65. The Morgan fingerprint density at radius 3 is 2.50 bits per heavy atom. The molecule has 5 atom stereocenters. The summed E-state index contributed by atoms with van der Waals surface area (Å²) in [6, 6.07) is 14.5. The van der Waals surface area contributed by atoms with Crippen molar-refractivity contribution >= 4 is 22.9 Å². The molecule has 0 amide bonds. The number of aliphatic hydroxyl groups is 4. The van der Waals surface area contributed by atoms with Crippen LogP contribution in [-0.4, -0.2) is 62.7 Å². The SMILES string of the molecule is N#Cc1c(-c2ccc(Cl)cc2)cc(-c2cccs2)nc1O[C@@H]1O[C@H](CO)[C@@H](O)[C@H](O)[C@H]1O. The third-order valence-corrected chi connectivity index (χ3v) is 6.25. The summed E-state index contributed by atoms with van der Waals surface area (Å²) in [6.07, 6.45) is -7.40. The number of nitrogens with zero attached hydrogens (tertiary/aromatic N) is 2. The first-order chi connectivity index (χ1) is 15.4. The maximum absolute atomic E-state index is 10.4. The summed E-state index contributed by atoms with van der Waals surface area (Å²) in [5.41, 5.74) is 1.85. The van der Waals surface area contributed by atoms with Gasteiger partial charge in [0.1, 0.15) is 36.0 Å². The fraction of sp³-hybridized carbons (Fsp3) is 0.273. The van der Waals surface area contributed by atoms with Gasteiger partial charge in [0, 0.05) is 10.6 Å². The van der Waals surface area contributed by atoms with E-state index >= 15 is 0 Å². The van der Waals surface area contributed by atoms with Crippen molar-refractivity contribution in [3.63, 3.8) is 0 Å². The first-order valence-corrected chi connectivity index (χ1v) is 10.9. The van der Waals surface area contributed by atoms with E-state index in [1.165, 1.54) is 11.3 Å². The average Bonchev–Trinajstić information content (AvgIpc) is 3.34. The molecule has 1 aliphatic heterocycles. The zero-order valence-corrected chi connectivity index (χ0v) is 18.1. The minimum Gasteiger partial charge on any atom is -0.444 e. The van der Waals surface area contributed by atoms with Gasteiger partial charge in [-0.3, -0.25) is 0 Å². The Hall–Kier alpha value is -2.55. The number of hydrogen-bond acceptors (Lipinski definition) is 9. The van der Waals surface area contributed by atoms with E-state index < -0.39 is 37.3 Å². The van der Waals surface area contributed by atoms with E-state index in [9.17, 15) is 25.7 Å². The van der Waals surface area contributed by atoms with Gasteiger partial charge in [0.15, 0.2) is 0 Å². The van der Waals surface area contributed by atoms with Crippen molar-refractivity contribution in [1.82, 2.24) is 4.98 Å². The second-order valence-corrected chi connectivity index (χ2v) is 8.53. The van der Waals surface area contributed by atoms with Gasteiger partial charge in [-0.15, -0.1) is 11.3 Å². The fourth-order valence-corrected chi connectivity index (χ4v) is 4.21. The van der Waals surface area contributed by atoms with Gasteiger partial charge in [0.2, 0.25) is 12.2 Å². The van der Waals surface area contributed by atoms with Gasteiger partial charge in [0.25, 0.3) is 0 Å². The molecular formula is C22H19ClN2O6S. The second-order valence-electron chi connectivity index (χ2n) is 7.15. The molecule has 3 heterocycles. The Labute approximate surface area is 192 Å². The third-order valence-electron chi connectivity index (χ3n) is 5.10. The van der Waals surface area contributed by atoms with Crippen LogP contribution in [0.1, 0.15) is 5.56 Å². The van der Waals surface area contributed by atoms with Crippen LogP contribution in [0.5, 0.6) is 5.88 Å². The highest BCUT2D eigenvalue weighted by atomic mass is 35.5. The lowest BCUT2D eigenvalue weighted by molar-refractivity contribution is -0.278. The molecule has 0 aliphatic carbocycles. The van der Waals surface area contributed by atoms with Gasteiger partial charge in [-0.05, 0) is 35.2 Å². The summed E-state index contributed by atoms with van der Waals surface area (Å²) in [4.78, 5) is 5.28. The van der Waals surface area contributed by atoms with Crippen LogP contribution < -0.4 is 4.74 Å². The second kappa shape index (κ2) is 9.52. The van der Waals surface area contributed by atoms with Gasteiger partial charge in [-0.25, -0.2) is 4.98 Å². The van der Waals surface area contributed by atoms with Crippen LogP contribution in [-0.2, 0) is 4.74 Å². The zero-order valence-electron chi connectivity index (χ0n) is 16.5. The van der Waals surface area contributed by atoms with E-state index in [0.717, 1.165) is 4.88 Å². The number of aliphatic hydroxyl groups excluding tert-OH is 4. The van der Waals surface area contributed by atoms with Crippen LogP contribution in [0.15, 0.2) is 47.8 Å². The Morgan fingerprint density at radius 2 is 1.88 bits per heavy atom. The molecule has 3 aromatic rings. The lowest BCUT2D eigenvalue weighted by Gasteiger charge is -2.39. The molecule has 10 heteroatoms. The molecule has 0 radical (unpaired) electrons. The van der Waals surface area contributed by atoms with E-state index in [0.29, 0.717) is 21.8 Å². The summed E-state index contributed by atoms with van der Waals surface area (Å²) < 4.78 is 11.2. The van der Waals surface area contributed by atoms with Crippen LogP contribution in [0.2, 0.25) is 5.02 Å². The van der Waals surface area contributed by atoms with Crippen LogP contribution in [0.4, 0.5) is 0 Å². The van der Waals surface area contributed by atoms with Crippen molar-refractivity contribution in [2.45, 2.75) is 30.7 Å². The van der Waals surface area contributed by atoms with Crippen molar-refractivity contribution in [1.29, 1.82) is 5.26 Å². The Bertz CT molecular complexity index is 1120. The number of ether oxygens (including phenoxy) is 2. The highest BCUT2D eigenvalue weighted by Crippen LogP contribution is 2.36. The molecule has 0 bridgehead atoms. The van der Waals surface area contributed by atoms with Crippen LogP contribution in [0, 0.1) is 11.3 Å². The van der Waals surface area contributed by atoms with Gasteiger partial charge < -0.3 is 29.9 Å². The summed E-state index contributed by atoms with van der Waals surface area (Å²) in [5, 5.41) is 52.2. The molecule has 1 fully saturated rings. The zero-order chi connectivity index (χ0) is 22.8. The quantitative estimate of drug-likeness (QED) is 0.441. The molecule has 0 spiro atoms.